The highest BCUT2D eigenvalue weighted by atomic mass is 15.3. The Morgan fingerprint density at radius 1 is 1.42 bits per heavy atom. The van der Waals surface area contributed by atoms with Gasteiger partial charge in [-0.25, -0.2) is 0 Å². The van der Waals surface area contributed by atoms with Gasteiger partial charge in [-0.1, -0.05) is 6.92 Å². The van der Waals surface area contributed by atoms with Gasteiger partial charge in [0.05, 0.1) is 5.69 Å². The van der Waals surface area contributed by atoms with Crippen molar-refractivity contribution in [3.05, 3.63) is 47.0 Å². The van der Waals surface area contributed by atoms with E-state index in [9.17, 15) is 0 Å². The van der Waals surface area contributed by atoms with Gasteiger partial charge in [0.15, 0.2) is 0 Å². The highest BCUT2D eigenvalue weighted by Crippen LogP contribution is 2.21. The van der Waals surface area contributed by atoms with Crippen molar-refractivity contribution < 1.29 is 0 Å². The fourth-order valence-corrected chi connectivity index (χ4v) is 2.51. The molecule has 0 fully saturated rings. The van der Waals surface area contributed by atoms with Gasteiger partial charge in [0, 0.05) is 37.6 Å². The van der Waals surface area contributed by atoms with Crippen molar-refractivity contribution in [2.45, 2.75) is 32.7 Å². The minimum Gasteiger partial charge on any atom is -0.313 e. The van der Waals surface area contributed by atoms with Crippen molar-refractivity contribution in [3.63, 3.8) is 0 Å². The first-order valence-corrected chi connectivity index (χ1v) is 6.75. The lowest BCUT2D eigenvalue weighted by Crippen LogP contribution is -2.21. The van der Waals surface area contributed by atoms with E-state index in [-0.39, 0.29) is 0 Å². The smallest absolute Gasteiger partial charge is 0.0596 e. The van der Waals surface area contributed by atoms with Crippen LogP contribution in [0.25, 0.3) is 0 Å². The number of aromatic nitrogens is 3. The molecule has 102 valence electrons. The van der Waals surface area contributed by atoms with Crippen LogP contribution >= 0.6 is 0 Å². The van der Waals surface area contributed by atoms with Crippen molar-refractivity contribution in [1.82, 2.24) is 20.1 Å². The number of nitrogens with one attached hydrogen (secondary N) is 1. The molecule has 1 atom stereocenters. The summed E-state index contributed by atoms with van der Waals surface area (Å²) in [5, 5.41) is 7.82. The van der Waals surface area contributed by atoms with Crippen molar-refractivity contribution in [2.75, 3.05) is 7.05 Å². The molecular weight excluding hydrogens is 236 g/mol. The zero-order valence-corrected chi connectivity index (χ0v) is 12.1. The van der Waals surface area contributed by atoms with E-state index in [0.29, 0.717) is 6.04 Å². The Kier molecular flexibility index (Phi) is 4.32. The largest absolute Gasteiger partial charge is 0.313 e. The molecule has 19 heavy (non-hydrogen) atoms. The molecule has 1 N–H and O–H groups in total. The summed E-state index contributed by atoms with van der Waals surface area (Å²) in [5.41, 5.74) is 4.95. The van der Waals surface area contributed by atoms with Gasteiger partial charge in [0.25, 0.3) is 0 Å². The van der Waals surface area contributed by atoms with E-state index < -0.39 is 0 Å². The lowest BCUT2D eigenvalue weighted by atomic mass is 9.97. The van der Waals surface area contributed by atoms with E-state index in [4.69, 9.17) is 0 Å². The van der Waals surface area contributed by atoms with E-state index >= 15 is 0 Å². The van der Waals surface area contributed by atoms with Gasteiger partial charge in [0.1, 0.15) is 0 Å². The molecule has 0 aliphatic rings. The Hall–Kier alpha value is -1.68. The van der Waals surface area contributed by atoms with Crippen LogP contribution in [0.2, 0.25) is 0 Å². The molecule has 2 rings (SSSR count). The second-order valence-electron chi connectivity index (χ2n) is 4.87. The van der Waals surface area contributed by atoms with E-state index in [2.05, 4.69) is 34.5 Å². The summed E-state index contributed by atoms with van der Waals surface area (Å²) in [6.07, 6.45) is 5.78. The molecule has 0 bridgehead atoms. The number of hydrogen-bond donors (Lipinski definition) is 1. The topological polar surface area (TPSA) is 42.7 Å². The lowest BCUT2D eigenvalue weighted by Gasteiger charge is -2.19. The predicted molar refractivity (Wildman–Crippen MR) is 77.1 cm³/mol. The van der Waals surface area contributed by atoms with Crippen molar-refractivity contribution in [3.8, 4) is 0 Å². The summed E-state index contributed by atoms with van der Waals surface area (Å²) in [4.78, 5) is 4.22. The van der Waals surface area contributed by atoms with Crippen LogP contribution in [0.15, 0.2) is 24.5 Å². The van der Waals surface area contributed by atoms with Crippen molar-refractivity contribution >= 4 is 0 Å². The molecular formula is C15H22N4. The summed E-state index contributed by atoms with van der Waals surface area (Å²) in [6, 6.07) is 4.56. The summed E-state index contributed by atoms with van der Waals surface area (Å²) in [7, 11) is 4.01. The minimum absolute atomic E-state index is 0.299. The third-order valence-corrected chi connectivity index (χ3v) is 3.56. The second-order valence-corrected chi connectivity index (χ2v) is 4.87. The van der Waals surface area contributed by atoms with Gasteiger partial charge in [-0.05, 0) is 43.7 Å². The summed E-state index contributed by atoms with van der Waals surface area (Å²) in [6.45, 7) is 4.20. The highest BCUT2D eigenvalue weighted by Gasteiger charge is 2.15. The van der Waals surface area contributed by atoms with E-state index in [1.807, 2.05) is 38.1 Å². The van der Waals surface area contributed by atoms with Gasteiger partial charge in [-0.2, -0.15) is 5.10 Å². The van der Waals surface area contributed by atoms with Gasteiger partial charge in [-0.15, -0.1) is 0 Å². The zero-order valence-electron chi connectivity index (χ0n) is 12.1. The number of hydrogen-bond acceptors (Lipinski definition) is 3. The molecule has 4 nitrogen and oxygen atoms in total. The standard InChI is InChI=1S/C15H22N4/c1-5-12-10-17-7-6-14(12)15(16-3)9-13-8-11(2)18-19(13)4/h6-8,10,15-16H,5,9H2,1-4H3. The van der Waals surface area contributed by atoms with Crippen molar-refractivity contribution in [1.29, 1.82) is 0 Å². The molecule has 2 heterocycles. The quantitative estimate of drug-likeness (QED) is 0.894. The normalized spacial score (nSPS) is 12.6. The maximum absolute atomic E-state index is 4.41. The van der Waals surface area contributed by atoms with Crippen molar-refractivity contribution in [2.24, 2.45) is 7.05 Å². The van der Waals surface area contributed by atoms with Gasteiger partial charge in [0.2, 0.25) is 0 Å². The molecule has 0 spiro atoms. The number of likely N-dealkylation sites (N-methyl/N-ethyl adjacent to an activating group) is 1. The Morgan fingerprint density at radius 2 is 2.21 bits per heavy atom. The van der Waals surface area contributed by atoms with Crippen LogP contribution in [0.4, 0.5) is 0 Å². The number of rotatable bonds is 5. The zero-order chi connectivity index (χ0) is 13.8. The summed E-state index contributed by atoms with van der Waals surface area (Å²) in [5.74, 6) is 0. The molecule has 4 heteroatoms. The molecule has 2 aromatic rings. The third-order valence-electron chi connectivity index (χ3n) is 3.56. The Bertz CT molecular complexity index is 545. The Balaban J connectivity index is 2.27. The Morgan fingerprint density at radius 3 is 2.79 bits per heavy atom. The monoisotopic (exact) mass is 258 g/mol. The first-order valence-electron chi connectivity index (χ1n) is 6.75. The lowest BCUT2D eigenvalue weighted by molar-refractivity contribution is 0.557. The number of pyridine rings is 1. The van der Waals surface area contributed by atoms with Crippen LogP contribution in [0.1, 0.15) is 35.5 Å². The number of nitrogens with zero attached hydrogens (tertiary/aromatic N) is 3. The molecule has 0 aliphatic heterocycles. The van der Waals surface area contributed by atoms with E-state index in [1.165, 1.54) is 16.8 Å². The number of aryl methyl sites for hydroxylation is 3. The van der Waals surface area contributed by atoms with Crippen LogP contribution in [-0.2, 0) is 19.9 Å². The second kappa shape index (κ2) is 5.97. The predicted octanol–water partition coefficient (Wildman–Crippen LogP) is 2.19. The molecule has 1 unspecified atom stereocenters. The Labute approximate surface area is 114 Å². The minimum atomic E-state index is 0.299. The van der Waals surface area contributed by atoms with E-state index in [0.717, 1.165) is 18.5 Å². The van der Waals surface area contributed by atoms with Crippen LogP contribution < -0.4 is 5.32 Å². The molecule has 2 aromatic heterocycles. The maximum atomic E-state index is 4.41. The average molecular weight is 258 g/mol. The third kappa shape index (κ3) is 3.01. The van der Waals surface area contributed by atoms with Crippen LogP contribution in [0.3, 0.4) is 0 Å². The van der Waals surface area contributed by atoms with Gasteiger partial charge < -0.3 is 5.32 Å². The fraction of sp³-hybridized carbons (Fsp3) is 0.467. The SMILES string of the molecule is CCc1cnccc1C(Cc1cc(C)nn1C)NC. The molecule has 0 aliphatic carbocycles. The molecule has 0 saturated heterocycles. The fourth-order valence-electron chi connectivity index (χ4n) is 2.51. The average Bonchev–Trinajstić information content (AvgIpc) is 2.74. The van der Waals surface area contributed by atoms with Crippen LogP contribution in [-0.4, -0.2) is 21.8 Å². The molecule has 0 aromatic carbocycles. The van der Waals surface area contributed by atoms with E-state index in [1.54, 1.807) is 0 Å². The van der Waals surface area contributed by atoms with Crippen LogP contribution in [0, 0.1) is 6.92 Å². The summed E-state index contributed by atoms with van der Waals surface area (Å²) >= 11 is 0. The summed E-state index contributed by atoms with van der Waals surface area (Å²) < 4.78 is 1.96. The first-order chi connectivity index (χ1) is 9.15. The molecule has 0 amide bonds. The van der Waals surface area contributed by atoms with Gasteiger partial charge >= 0.3 is 0 Å². The maximum Gasteiger partial charge on any atom is 0.0596 e. The van der Waals surface area contributed by atoms with Gasteiger partial charge in [-0.3, -0.25) is 9.67 Å². The highest BCUT2D eigenvalue weighted by molar-refractivity contribution is 5.28. The molecule has 0 saturated carbocycles. The van der Waals surface area contributed by atoms with Crippen LogP contribution in [0.5, 0.6) is 0 Å². The molecule has 0 radical (unpaired) electrons. The first kappa shape index (κ1) is 13.7.